The zero-order valence-electron chi connectivity index (χ0n) is 10.5. The number of nitrogens with zero attached hydrogens (tertiary/aromatic N) is 1. The second-order valence-electron chi connectivity index (χ2n) is 5.09. The monoisotopic (exact) mass is 239 g/mol. The van der Waals surface area contributed by atoms with E-state index in [4.69, 9.17) is 4.74 Å². The molecule has 2 rings (SSSR count). The Morgan fingerprint density at radius 1 is 1.24 bits per heavy atom. The van der Waals surface area contributed by atoms with E-state index in [9.17, 15) is 9.59 Å². The van der Waals surface area contributed by atoms with Gasteiger partial charge in [0.25, 0.3) is 5.91 Å². The average molecular weight is 239 g/mol. The molecule has 0 aromatic carbocycles. The lowest BCUT2D eigenvalue weighted by atomic mass is 9.97. The van der Waals surface area contributed by atoms with Gasteiger partial charge in [0.05, 0.1) is 0 Å². The molecule has 2 heterocycles. The molecule has 0 aromatic heterocycles. The quantitative estimate of drug-likeness (QED) is 0.750. The summed E-state index contributed by atoms with van der Waals surface area (Å²) in [5.74, 6) is 0.274. The fourth-order valence-electron chi connectivity index (χ4n) is 2.79. The Bertz CT molecular complexity index is 297. The molecule has 2 atom stereocenters. The van der Waals surface area contributed by atoms with Crippen molar-refractivity contribution in [1.82, 2.24) is 4.90 Å². The normalized spacial score (nSPS) is 29.4. The van der Waals surface area contributed by atoms with Gasteiger partial charge in [-0.2, -0.15) is 0 Å². The van der Waals surface area contributed by atoms with Gasteiger partial charge in [-0.3, -0.25) is 9.59 Å². The second kappa shape index (κ2) is 5.63. The first-order chi connectivity index (χ1) is 8.18. The van der Waals surface area contributed by atoms with E-state index in [1.807, 2.05) is 4.90 Å². The molecule has 2 saturated heterocycles. The summed E-state index contributed by atoms with van der Waals surface area (Å²) >= 11 is 0. The van der Waals surface area contributed by atoms with E-state index in [1.165, 1.54) is 0 Å². The van der Waals surface area contributed by atoms with Crippen molar-refractivity contribution in [3.8, 4) is 0 Å². The summed E-state index contributed by atoms with van der Waals surface area (Å²) in [7, 11) is 0. The molecule has 0 saturated carbocycles. The number of piperidine rings is 1. The average Bonchev–Trinajstić information content (AvgIpc) is 2.81. The second-order valence-corrected chi connectivity index (χ2v) is 5.09. The van der Waals surface area contributed by atoms with Crippen LogP contribution in [0, 0.1) is 0 Å². The van der Waals surface area contributed by atoms with Crippen LogP contribution >= 0.6 is 0 Å². The first-order valence-electron chi connectivity index (χ1n) is 6.60. The van der Waals surface area contributed by atoms with Gasteiger partial charge in [-0.25, -0.2) is 0 Å². The molecule has 0 bridgehead atoms. The maximum atomic E-state index is 12.3. The van der Waals surface area contributed by atoms with Crippen molar-refractivity contribution < 1.29 is 14.3 Å². The number of ether oxygens (including phenoxy) is 1. The highest BCUT2D eigenvalue weighted by molar-refractivity contribution is 5.83. The zero-order chi connectivity index (χ0) is 12.3. The lowest BCUT2D eigenvalue weighted by molar-refractivity contribution is -0.145. The van der Waals surface area contributed by atoms with Crippen molar-refractivity contribution in [3.05, 3.63) is 0 Å². The van der Waals surface area contributed by atoms with Gasteiger partial charge in [-0.1, -0.05) is 0 Å². The number of likely N-dealkylation sites (tertiary alicyclic amines) is 1. The third-order valence-electron chi connectivity index (χ3n) is 3.64. The van der Waals surface area contributed by atoms with E-state index in [-0.39, 0.29) is 23.8 Å². The van der Waals surface area contributed by atoms with Crippen LogP contribution in [0.1, 0.15) is 45.4 Å². The Kier molecular flexibility index (Phi) is 4.15. The third kappa shape index (κ3) is 3.06. The molecule has 0 aliphatic carbocycles. The van der Waals surface area contributed by atoms with E-state index in [0.717, 1.165) is 38.6 Å². The minimum atomic E-state index is -0.248. The predicted octanol–water partition coefficient (Wildman–Crippen LogP) is 1.53. The topological polar surface area (TPSA) is 46.6 Å². The molecule has 17 heavy (non-hydrogen) atoms. The molecular weight excluding hydrogens is 218 g/mol. The molecule has 4 heteroatoms. The minimum Gasteiger partial charge on any atom is -0.368 e. The molecule has 2 fully saturated rings. The molecule has 96 valence electrons. The fourth-order valence-corrected chi connectivity index (χ4v) is 2.79. The minimum absolute atomic E-state index is 0.105. The number of rotatable bonds is 3. The number of ketones is 1. The van der Waals surface area contributed by atoms with Gasteiger partial charge in [0.1, 0.15) is 11.9 Å². The molecule has 0 N–H and O–H groups in total. The highest BCUT2D eigenvalue weighted by Gasteiger charge is 2.33. The summed E-state index contributed by atoms with van der Waals surface area (Å²) < 4.78 is 5.45. The Balaban J connectivity index is 1.99. The summed E-state index contributed by atoms with van der Waals surface area (Å²) in [6, 6.07) is 0.109. The first kappa shape index (κ1) is 12.6. The van der Waals surface area contributed by atoms with Crippen molar-refractivity contribution in [2.75, 3.05) is 13.2 Å². The molecule has 0 spiro atoms. The summed E-state index contributed by atoms with van der Waals surface area (Å²) in [4.78, 5) is 25.4. The van der Waals surface area contributed by atoms with Crippen LogP contribution in [0.3, 0.4) is 0 Å². The van der Waals surface area contributed by atoms with Crippen molar-refractivity contribution in [2.45, 2.75) is 57.6 Å². The van der Waals surface area contributed by atoms with E-state index in [0.29, 0.717) is 13.0 Å². The molecule has 2 aliphatic rings. The van der Waals surface area contributed by atoms with Crippen LogP contribution in [0.25, 0.3) is 0 Å². The number of hydrogen-bond acceptors (Lipinski definition) is 3. The molecule has 4 nitrogen and oxygen atoms in total. The Hall–Kier alpha value is -0.900. The van der Waals surface area contributed by atoms with Gasteiger partial charge < -0.3 is 9.64 Å². The Labute approximate surface area is 102 Å². The van der Waals surface area contributed by atoms with Crippen LogP contribution in [0.5, 0.6) is 0 Å². The molecule has 0 aromatic rings. The summed E-state index contributed by atoms with van der Waals surface area (Å²) in [5.41, 5.74) is 0. The molecule has 0 radical (unpaired) electrons. The maximum Gasteiger partial charge on any atom is 0.251 e. The zero-order valence-corrected chi connectivity index (χ0v) is 10.5. The summed E-state index contributed by atoms with van der Waals surface area (Å²) in [6.07, 6.45) is 5.18. The van der Waals surface area contributed by atoms with Gasteiger partial charge >= 0.3 is 0 Å². The fraction of sp³-hybridized carbons (Fsp3) is 0.846. The van der Waals surface area contributed by atoms with E-state index >= 15 is 0 Å². The van der Waals surface area contributed by atoms with Crippen LogP contribution in [-0.2, 0) is 14.3 Å². The van der Waals surface area contributed by atoms with Crippen LogP contribution < -0.4 is 0 Å². The van der Waals surface area contributed by atoms with Crippen molar-refractivity contribution in [2.24, 2.45) is 0 Å². The van der Waals surface area contributed by atoms with Crippen molar-refractivity contribution in [3.63, 3.8) is 0 Å². The van der Waals surface area contributed by atoms with Crippen molar-refractivity contribution in [1.29, 1.82) is 0 Å². The number of hydrogen-bond donors (Lipinski definition) is 0. The van der Waals surface area contributed by atoms with Gasteiger partial charge in [0.15, 0.2) is 0 Å². The van der Waals surface area contributed by atoms with E-state index in [1.54, 1.807) is 6.92 Å². The SMILES string of the molecule is CC(=O)CC1CCCCN1C(=O)C1CCCO1. The van der Waals surface area contributed by atoms with Crippen LogP contribution in [0.15, 0.2) is 0 Å². The van der Waals surface area contributed by atoms with E-state index < -0.39 is 0 Å². The number of amides is 1. The van der Waals surface area contributed by atoms with Crippen molar-refractivity contribution >= 4 is 11.7 Å². The molecular formula is C13H21NO3. The summed E-state index contributed by atoms with van der Waals surface area (Å²) in [6.45, 7) is 3.08. The van der Waals surface area contributed by atoms with Gasteiger partial charge in [0.2, 0.25) is 0 Å². The number of Topliss-reactive ketones (excluding diaryl/α,β-unsaturated/α-hetero) is 1. The predicted molar refractivity (Wildman–Crippen MR) is 63.6 cm³/mol. The lowest BCUT2D eigenvalue weighted by Crippen LogP contribution is -2.48. The molecule has 1 amide bonds. The van der Waals surface area contributed by atoms with Gasteiger partial charge in [-0.05, 0) is 39.0 Å². The Morgan fingerprint density at radius 2 is 2.06 bits per heavy atom. The number of carbonyl (C=O) groups excluding carboxylic acids is 2. The van der Waals surface area contributed by atoms with Crippen LogP contribution in [-0.4, -0.2) is 41.9 Å². The highest BCUT2D eigenvalue weighted by Crippen LogP contribution is 2.24. The highest BCUT2D eigenvalue weighted by atomic mass is 16.5. The standard InChI is InChI=1S/C13H21NO3/c1-10(15)9-11-5-2-3-7-14(11)13(16)12-6-4-8-17-12/h11-12H,2-9H2,1H3. The van der Waals surface area contributed by atoms with Crippen LogP contribution in [0.4, 0.5) is 0 Å². The largest absolute Gasteiger partial charge is 0.368 e. The Morgan fingerprint density at radius 3 is 2.71 bits per heavy atom. The smallest absolute Gasteiger partial charge is 0.251 e. The van der Waals surface area contributed by atoms with Crippen LogP contribution in [0.2, 0.25) is 0 Å². The summed E-state index contributed by atoms with van der Waals surface area (Å²) in [5, 5.41) is 0. The van der Waals surface area contributed by atoms with E-state index in [2.05, 4.69) is 0 Å². The van der Waals surface area contributed by atoms with Gasteiger partial charge in [-0.15, -0.1) is 0 Å². The third-order valence-corrected chi connectivity index (χ3v) is 3.64. The first-order valence-corrected chi connectivity index (χ1v) is 6.60. The maximum absolute atomic E-state index is 12.3. The van der Waals surface area contributed by atoms with Gasteiger partial charge in [0, 0.05) is 25.6 Å². The number of carbonyl (C=O) groups is 2. The lowest BCUT2D eigenvalue weighted by Gasteiger charge is -2.36. The molecule has 2 aliphatic heterocycles. The molecule has 2 unspecified atom stereocenters.